The fourth-order valence-electron chi connectivity index (χ4n) is 8.86. The molecule has 12 rings (SSSR count). The summed E-state index contributed by atoms with van der Waals surface area (Å²) in [5, 5.41) is 7.64. The predicted molar refractivity (Wildman–Crippen MR) is 252 cm³/mol. The van der Waals surface area contributed by atoms with Crippen LogP contribution in [0.1, 0.15) is 0 Å². The molecule has 2 nitrogen and oxygen atoms in total. The highest BCUT2D eigenvalue weighted by Crippen LogP contribution is 2.49. The lowest BCUT2D eigenvalue weighted by Crippen LogP contribution is -2.10. The number of hydrogen-bond donors (Lipinski definition) is 0. The maximum atomic E-state index is 2.49. The highest BCUT2D eigenvalue weighted by molar-refractivity contribution is 7.26. The van der Waals surface area contributed by atoms with Gasteiger partial charge in [0.05, 0.1) is 21.4 Å². The van der Waals surface area contributed by atoms with E-state index >= 15 is 0 Å². The standard InChI is InChI=1S/C54H34N2S2/c1-3-13-35(14-4-1)36-23-26-40(27-24-36)55(41-28-30-53-46(34-41)43-18-8-11-21-51(43)57-53)50-33-38(32-47-44-19-9-12-22-52(44)58-54(47)50)37-25-29-49-45(31-37)42-17-7-10-20-48(42)56(49)39-15-5-2-6-16-39/h1-34H. The summed E-state index contributed by atoms with van der Waals surface area (Å²) >= 11 is 3.74. The van der Waals surface area contributed by atoms with E-state index in [-0.39, 0.29) is 0 Å². The molecule has 0 saturated heterocycles. The van der Waals surface area contributed by atoms with Crippen LogP contribution in [0.15, 0.2) is 206 Å². The lowest BCUT2D eigenvalue weighted by molar-refractivity contribution is 1.18. The first-order valence-corrected chi connectivity index (χ1v) is 21.3. The molecule has 0 amide bonds. The van der Waals surface area contributed by atoms with Gasteiger partial charge in [0.1, 0.15) is 0 Å². The molecule has 3 heterocycles. The van der Waals surface area contributed by atoms with E-state index in [1.165, 1.54) is 95.8 Å². The number of anilines is 3. The Hall–Kier alpha value is -6.98. The number of thiophene rings is 2. The Morgan fingerprint density at radius 1 is 0.328 bits per heavy atom. The molecule has 0 radical (unpaired) electrons. The van der Waals surface area contributed by atoms with Crippen LogP contribution in [-0.2, 0) is 0 Å². The Morgan fingerprint density at radius 2 is 0.897 bits per heavy atom. The number of hydrogen-bond acceptors (Lipinski definition) is 3. The monoisotopic (exact) mass is 774 g/mol. The van der Waals surface area contributed by atoms with Crippen molar-refractivity contribution in [1.82, 2.24) is 4.57 Å². The van der Waals surface area contributed by atoms with Crippen LogP contribution in [0.4, 0.5) is 17.1 Å². The quantitative estimate of drug-likeness (QED) is 0.163. The van der Waals surface area contributed by atoms with Crippen molar-refractivity contribution < 1.29 is 0 Å². The van der Waals surface area contributed by atoms with Gasteiger partial charge in [0, 0.05) is 63.5 Å². The maximum Gasteiger partial charge on any atom is 0.0646 e. The van der Waals surface area contributed by atoms with Crippen LogP contribution in [0.3, 0.4) is 0 Å². The second kappa shape index (κ2) is 13.3. The lowest BCUT2D eigenvalue weighted by atomic mass is 9.98. The van der Waals surface area contributed by atoms with Crippen molar-refractivity contribution in [3.05, 3.63) is 206 Å². The summed E-state index contributed by atoms with van der Waals surface area (Å²) in [6, 6.07) is 75.8. The van der Waals surface area contributed by atoms with Crippen molar-refractivity contribution in [2.75, 3.05) is 4.90 Å². The second-order valence-electron chi connectivity index (χ2n) is 14.9. The molecule has 0 atom stereocenters. The number of benzene rings is 9. The Bertz CT molecular complexity index is 3500. The number of rotatable bonds is 6. The Kier molecular flexibility index (Phi) is 7.62. The molecular weight excluding hydrogens is 741 g/mol. The van der Waals surface area contributed by atoms with E-state index in [0.29, 0.717) is 0 Å². The minimum absolute atomic E-state index is 1.12. The molecule has 272 valence electrons. The number of fused-ring (bicyclic) bond motifs is 9. The zero-order chi connectivity index (χ0) is 38.2. The highest BCUT2D eigenvalue weighted by Gasteiger charge is 2.22. The van der Waals surface area contributed by atoms with Gasteiger partial charge in [0.15, 0.2) is 0 Å². The van der Waals surface area contributed by atoms with Crippen LogP contribution < -0.4 is 4.90 Å². The normalized spacial score (nSPS) is 11.8. The van der Waals surface area contributed by atoms with E-state index < -0.39 is 0 Å². The number of nitrogens with zero attached hydrogens (tertiary/aromatic N) is 2. The summed E-state index contributed by atoms with van der Waals surface area (Å²) in [7, 11) is 0. The molecule has 12 aromatic rings. The van der Waals surface area contributed by atoms with Crippen LogP contribution in [0.25, 0.3) is 90.1 Å². The zero-order valence-corrected chi connectivity index (χ0v) is 33.0. The molecule has 0 spiro atoms. The zero-order valence-electron chi connectivity index (χ0n) is 31.3. The van der Waals surface area contributed by atoms with Crippen LogP contribution in [0.5, 0.6) is 0 Å². The first kappa shape index (κ1) is 33.2. The molecule has 0 aliphatic rings. The van der Waals surface area contributed by atoms with E-state index in [1.54, 1.807) is 0 Å². The first-order valence-electron chi connectivity index (χ1n) is 19.7. The molecule has 0 aliphatic carbocycles. The van der Waals surface area contributed by atoms with Gasteiger partial charge in [-0.1, -0.05) is 121 Å². The van der Waals surface area contributed by atoms with Crippen LogP contribution in [0, 0.1) is 0 Å². The maximum absolute atomic E-state index is 2.49. The Labute approximate surface area is 343 Å². The fourth-order valence-corrected chi connectivity index (χ4v) is 11.1. The van der Waals surface area contributed by atoms with Crippen molar-refractivity contribution in [3.8, 4) is 27.9 Å². The van der Waals surface area contributed by atoms with Crippen molar-refractivity contribution >= 4 is 102 Å². The van der Waals surface area contributed by atoms with Gasteiger partial charge in [-0.2, -0.15) is 0 Å². The summed E-state index contributed by atoms with van der Waals surface area (Å²) in [6.45, 7) is 0. The smallest absolute Gasteiger partial charge is 0.0646 e. The van der Waals surface area contributed by atoms with Gasteiger partial charge in [-0.3, -0.25) is 0 Å². The van der Waals surface area contributed by atoms with E-state index in [0.717, 1.165) is 11.4 Å². The molecule has 0 bridgehead atoms. The van der Waals surface area contributed by atoms with E-state index in [1.807, 2.05) is 22.7 Å². The van der Waals surface area contributed by atoms with Gasteiger partial charge in [-0.15, -0.1) is 22.7 Å². The van der Waals surface area contributed by atoms with Crippen molar-refractivity contribution in [3.63, 3.8) is 0 Å². The molecule has 0 aliphatic heterocycles. The third kappa shape index (κ3) is 5.30. The summed E-state index contributed by atoms with van der Waals surface area (Å²) < 4.78 is 7.56. The summed E-state index contributed by atoms with van der Waals surface area (Å²) in [6.07, 6.45) is 0. The third-order valence-electron chi connectivity index (χ3n) is 11.6. The van der Waals surface area contributed by atoms with Crippen molar-refractivity contribution in [2.24, 2.45) is 0 Å². The Morgan fingerprint density at radius 3 is 1.69 bits per heavy atom. The summed E-state index contributed by atoms with van der Waals surface area (Å²) in [4.78, 5) is 2.49. The number of aromatic nitrogens is 1. The fraction of sp³-hybridized carbons (Fsp3) is 0. The van der Waals surface area contributed by atoms with Gasteiger partial charge < -0.3 is 9.47 Å². The highest BCUT2D eigenvalue weighted by atomic mass is 32.1. The van der Waals surface area contributed by atoms with Crippen molar-refractivity contribution in [1.29, 1.82) is 0 Å². The molecule has 0 saturated carbocycles. The second-order valence-corrected chi connectivity index (χ2v) is 17.1. The predicted octanol–water partition coefficient (Wildman–Crippen LogP) is 16.3. The summed E-state index contributed by atoms with van der Waals surface area (Å²) in [5.41, 5.74) is 11.8. The SMILES string of the molecule is c1ccc(-c2ccc(N(c3ccc4sc5ccccc5c4c3)c3cc(-c4ccc5c(c4)c4ccccc4n5-c4ccccc4)cc4c3sc3ccccc34)cc2)cc1. The topological polar surface area (TPSA) is 8.17 Å². The van der Waals surface area contributed by atoms with E-state index in [2.05, 4.69) is 216 Å². The molecule has 0 fully saturated rings. The average Bonchev–Trinajstić information content (AvgIpc) is 3.97. The van der Waals surface area contributed by atoms with Gasteiger partial charge >= 0.3 is 0 Å². The molecule has 0 N–H and O–H groups in total. The minimum Gasteiger partial charge on any atom is -0.309 e. The summed E-state index contributed by atoms with van der Waals surface area (Å²) in [5.74, 6) is 0. The molecule has 9 aromatic carbocycles. The van der Waals surface area contributed by atoms with Crippen molar-refractivity contribution in [2.45, 2.75) is 0 Å². The molecule has 4 heteroatoms. The van der Waals surface area contributed by atoms with Crippen LogP contribution in [-0.4, -0.2) is 4.57 Å². The lowest BCUT2D eigenvalue weighted by Gasteiger charge is -2.27. The van der Waals surface area contributed by atoms with E-state index in [9.17, 15) is 0 Å². The van der Waals surface area contributed by atoms with Gasteiger partial charge in [-0.25, -0.2) is 0 Å². The average molecular weight is 775 g/mol. The van der Waals surface area contributed by atoms with E-state index in [4.69, 9.17) is 0 Å². The molecule has 0 unspecified atom stereocenters. The molecule has 58 heavy (non-hydrogen) atoms. The molecule has 3 aromatic heterocycles. The largest absolute Gasteiger partial charge is 0.309 e. The third-order valence-corrected chi connectivity index (χ3v) is 13.9. The van der Waals surface area contributed by atoms with Gasteiger partial charge in [-0.05, 0) is 107 Å². The van der Waals surface area contributed by atoms with Crippen LogP contribution >= 0.6 is 22.7 Å². The minimum atomic E-state index is 1.12. The van der Waals surface area contributed by atoms with Gasteiger partial charge in [0.25, 0.3) is 0 Å². The molecular formula is C54H34N2S2. The van der Waals surface area contributed by atoms with Crippen LogP contribution in [0.2, 0.25) is 0 Å². The number of para-hydroxylation sites is 2. The Balaban J connectivity index is 1.12. The first-order chi connectivity index (χ1) is 28.7. The van der Waals surface area contributed by atoms with Gasteiger partial charge in [0.2, 0.25) is 0 Å².